The zero-order valence-corrected chi connectivity index (χ0v) is 15.9. The second-order valence-electron chi connectivity index (χ2n) is 6.88. The summed E-state index contributed by atoms with van der Waals surface area (Å²) in [5, 5.41) is 9.28. The monoisotopic (exact) mass is 386 g/mol. The van der Waals surface area contributed by atoms with Crippen LogP contribution in [0.15, 0.2) is 78.4 Å². The Hall–Kier alpha value is -3.66. The van der Waals surface area contributed by atoms with Crippen molar-refractivity contribution in [3.63, 3.8) is 0 Å². The number of carboxylic acid groups (broad SMARTS) is 1. The van der Waals surface area contributed by atoms with Crippen LogP contribution in [0, 0.1) is 5.82 Å². The van der Waals surface area contributed by atoms with Crippen LogP contribution in [-0.4, -0.2) is 11.1 Å². The third-order valence-electron chi connectivity index (χ3n) is 4.94. The molecule has 144 valence electrons. The number of hydrogen-bond acceptors (Lipinski definition) is 2. The second-order valence-corrected chi connectivity index (χ2v) is 6.88. The maximum Gasteiger partial charge on any atom is 0.307 e. The molecule has 0 amide bonds. The first-order valence-corrected chi connectivity index (χ1v) is 9.29. The molecule has 1 N–H and O–H groups in total. The third kappa shape index (κ3) is 3.83. The Bertz CT molecular complexity index is 1140. The molecular weight excluding hydrogens is 367 g/mol. The predicted octanol–water partition coefficient (Wildman–Crippen LogP) is 6.42. The molecule has 0 spiro atoms. The molecule has 0 aromatic heterocycles. The van der Waals surface area contributed by atoms with Crippen molar-refractivity contribution in [3.8, 4) is 11.5 Å². The molecule has 0 unspecified atom stereocenters. The van der Waals surface area contributed by atoms with Gasteiger partial charge in [-0.25, -0.2) is 4.39 Å². The molecule has 0 bridgehead atoms. The molecule has 3 aromatic carbocycles. The van der Waals surface area contributed by atoms with E-state index in [9.17, 15) is 14.3 Å². The normalized spacial score (nSPS) is 14.2. The molecule has 1 aliphatic carbocycles. The average molecular weight is 386 g/mol. The van der Waals surface area contributed by atoms with Crippen LogP contribution in [-0.2, 0) is 4.79 Å². The fraction of sp³-hybridized carbons (Fsp3) is 0.0800. The van der Waals surface area contributed by atoms with Gasteiger partial charge >= 0.3 is 5.97 Å². The Balaban J connectivity index is 1.75. The lowest BCUT2D eigenvalue weighted by Gasteiger charge is -2.08. The molecule has 1 aliphatic rings. The van der Waals surface area contributed by atoms with Crippen molar-refractivity contribution in [2.75, 3.05) is 0 Å². The minimum absolute atomic E-state index is 0.142. The van der Waals surface area contributed by atoms with Gasteiger partial charge in [-0.1, -0.05) is 42.5 Å². The number of benzene rings is 3. The fourth-order valence-electron chi connectivity index (χ4n) is 3.62. The van der Waals surface area contributed by atoms with Crippen molar-refractivity contribution < 1.29 is 19.0 Å². The van der Waals surface area contributed by atoms with Crippen molar-refractivity contribution >= 4 is 23.2 Å². The molecule has 0 radical (unpaired) electrons. The second kappa shape index (κ2) is 7.76. The lowest BCUT2D eigenvalue weighted by Crippen LogP contribution is -1.97. The standard InChI is InChI=1S/C25H19FO3/c1-16-21(15-24(27)28)20-11-6-12-23(26)25(20)22(16)14-17-7-5-10-19(13-17)29-18-8-3-2-4-9-18/h2-14H,15H2,1H3,(H,27,28)/b22-14-. The minimum atomic E-state index is -0.936. The van der Waals surface area contributed by atoms with E-state index >= 15 is 0 Å². The molecule has 3 aromatic rings. The number of carbonyl (C=O) groups is 1. The topological polar surface area (TPSA) is 46.5 Å². The summed E-state index contributed by atoms with van der Waals surface area (Å²) in [4.78, 5) is 11.3. The highest BCUT2D eigenvalue weighted by Gasteiger charge is 2.27. The van der Waals surface area contributed by atoms with Crippen LogP contribution in [0.5, 0.6) is 11.5 Å². The lowest BCUT2D eigenvalue weighted by molar-refractivity contribution is -0.135. The van der Waals surface area contributed by atoms with E-state index in [2.05, 4.69) is 0 Å². The lowest BCUT2D eigenvalue weighted by atomic mass is 10.00. The van der Waals surface area contributed by atoms with Crippen molar-refractivity contribution in [1.82, 2.24) is 0 Å². The van der Waals surface area contributed by atoms with E-state index in [1.54, 1.807) is 12.1 Å². The van der Waals surface area contributed by atoms with Gasteiger partial charge in [0.1, 0.15) is 17.3 Å². The number of allylic oxidation sites excluding steroid dienone is 2. The Labute approximate surface area is 168 Å². The number of aliphatic carboxylic acids is 1. The highest BCUT2D eigenvalue weighted by Crippen LogP contribution is 2.44. The smallest absolute Gasteiger partial charge is 0.307 e. The number of hydrogen-bond donors (Lipinski definition) is 1. The Morgan fingerprint density at radius 2 is 1.72 bits per heavy atom. The summed E-state index contributed by atoms with van der Waals surface area (Å²) in [6.07, 6.45) is 1.74. The first-order chi connectivity index (χ1) is 14.0. The van der Waals surface area contributed by atoms with Crippen molar-refractivity contribution in [2.24, 2.45) is 0 Å². The van der Waals surface area contributed by atoms with Crippen LogP contribution in [0.3, 0.4) is 0 Å². The van der Waals surface area contributed by atoms with Gasteiger partial charge in [0.2, 0.25) is 0 Å². The Morgan fingerprint density at radius 3 is 2.48 bits per heavy atom. The molecule has 0 fully saturated rings. The number of rotatable bonds is 5. The third-order valence-corrected chi connectivity index (χ3v) is 4.94. The van der Waals surface area contributed by atoms with Crippen LogP contribution in [0.1, 0.15) is 30.0 Å². The van der Waals surface area contributed by atoms with Crippen LogP contribution in [0.2, 0.25) is 0 Å². The highest BCUT2D eigenvalue weighted by molar-refractivity contribution is 6.07. The van der Waals surface area contributed by atoms with Crippen molar-refractivity contribution in [1.29, 1.82) is 0 Å². The molecule has 0 saturated carbocycles. The van der Waals surface area contributed by atoms with E-state index in [0.29, 0.717) is 28.0 Å². The largest absolute Gasteiger partial charge is 0.481 e. The summed E-state index contributed by atoms with van der Waals surface area (Å²) in [5.41, 5.74) is 4.07. The minimum Gasteiger partial charge on any atom is -0.481 e. The Kier molecular flexibility index (Phi) is 5.00. The number of carboxylic acids is 1. The molecule has 0 aliphatic heterocycles. The van der Waals surface area contributed by atoms with E-state index in [1.165, 1.54) is 6.07 Å². The van der Waals surface area contributed by atoms with Crippen molar-refractivity contribution in [2.45, 2.75) is 13.3 Å². The molecule has 4 rings (SSSR count). The van der Waals surface area contributed by atoms with Crippen LogP contribution < -0.4 is 4.74 Å². The fourth-order valence-corrected chi connectivity index (χ4v) is 3.62. The first-order valence-electron chi connectivity index (χ1n) is 9.29. The maximum absolute atomic E-state index is 14.7. The van der Waals surface area contributed by atoms with E-state index in [1.807, 2.05) is 67.6 Å². The molecule has 3 nitrogen and oxygen atoms in total. The summed E-state index contributed by atoms with van der Waals surface area (Å²) in [6, 6.07) is 21.8. The average Bonchev–Trinajstić information content (AvgIpc) is 2.96. The van der Waals surface area contributed by atoms with Gasteiger partial charge in [-0.05, 0) is 71.2 Å². The van der Waals surface area contributed by atoms with Gasteiger partial charge < -0.3 is 9.84 Å². The van der Waals surface area contributed by atoms with Gasteiger partial charge in [0.15, 0.2) is 0 Å². The van der Waals surface area contributed by atoms with Crippen LogP contribution >= 0.6 is 0 Å². The molecule has 4 heteroatoms. The quantitative estimate of drug-likeness (QED) is 0.550. The summed E-state index contributed by atoms with van der Waals surface area (Å²) in [5.74, 6) is 0.110. The van der Waals surface area contributed by atoms with Gasteiger partial charge in [-0.15, -0.1) is 0 Å². The number of ether oxygens (including phenoxy) is 1. The van der Waals surface area contributed by atoms with E-state index in [-0.39, 0.29) is 12.2 Å². The van der Waals surface area contributed by atoms with Crippen LogP contribution in [0.25, 0.3) is 17.2 Å². The summed E-state index contributed by atoms with van der Waals surface area (Å²) in [6.45, 7) is 1.84. The summed E-state index contributed by atoms with van der Waals surface area (Å²) >= 11 is 0. The molecular formula is C25H19FO3. The zero-order valence-electron chi connectivity index (χ0n) is 15.9. The zero-order chi connectivity index (χ0) is 20.4. The molecule has 29 heavy (non-hydrogen) atoms. The summed E-state index contributed by atoms with van der Waals surface area (Å²) in [7, 11) is 0. The maximum atomic E-state index is 14.7. The number of para-hydroxylation sites is 1. The predicted molar refractivity (Wildman–Crippen MR) is 112 cm³/mol. The highest BCUT2D eigenvalue weighted by atomic mass is 19.1. The number of halogens is 1. The first kappa shape index (κ1) is 18.7. The number of fused-ring (bicyclic) bond motifs is 1. The van der Waals surface area contributed by atoms with Crippen LogP contribution in [0.4, 0.5) is 4.39 Å². The molecule has 0 saturated heterocycles. The van der Waals surface area contributed by atoms with E-state index in [0.717, 1.165) is 16.9 Å². The Morgan fingerprint density at radius 1 is 1.00 bits per heavy atom. The van der Waals surface area contributed by atoms with E-state index in [4.69, 9.17) is 4.74 Å². The van der Waals surface area contributed by atoms with Gasteiger partial charge in [-0.3, -0.25) is 4.79 Å². The molecule has 0 atom stereocenters. The van der Waals surface area contributed by atoms with Gasteiger partial charge in [-0.2, -0.15) is 0 Å². The van der Waals surface area contributed by atoms with E-state index < -0.39 is 5.97 Å². The van der Waals surface area contributed by atoms with Crippen molar-refractivity contribution in [3.05, 3.63) is 101 Å². The van der Waals surface area contributed by atoms with Gasteiger partial charge in [0.05, 0.1) is 6.42 Å². The summed E-state index contributed by atoms with van der Waals surface area (Å²) < 4.78 is 20.5. The van der Waals surface area contributed by atoms with Gasteiger partial charge in [0, 0.05) is 5.56 Å². The SMILES string of the molecule is CC1=C(CC(=O)O)c2cccc(F)c2/C1=C\c1cccc(Oc2ccccc2)c1. The molecule has 0 heterocycles. The van der Waals surface area contributed by atoms with Gasteiger partial charge in [0.25, 0.3) is 0 Å².